The van der Waals surface area contributed by atoms with Gasteiger partial charge in [0.2, 0.25) is 5.91 Å². The summed E-state index contributed by atoms with van der Waals surface area (Å²) in [5, 5.41) is 3.99. The first kappa shape index (κ1) is 25.0. The van der Waals surface area contributed by atoms with Crippen LogP contribution in [0.25, 0.3) is 0 Å². The number of hydrogen-bond donors (Lipinski definition) is 1. The van der Waals surface area contributed by atoms with Gasteiger partial charge in [-0.1, -0.05) is 11.6 Å². The van der Waals surface area contributed by atoms with Crippen LogP contribution in [0.3, 0.4) is 0 Å². The summed E-state index contributed by atoms with van der Waals surface area (Å²) in [7, 11) is 1.77. The minimum Gasteiger partial charge on any atom is -0.378 e. The standard InChI is InChI=1S/C21H32ClN5O2.HI/c1-3-29-19-8-10-27(11-9-19)21(23-2)24-16-20(28)26-14-12-25(13-15-26)18-6-4-17(22)5-7-18;/h4-7,19H,3,8-16H2,1-2H3,(H,23,24);1H. The number of piperidine rings is 1. The van der Waals surface area contributed by atoms with Crippen LogP contribution in [0.5, 0.6) is 0 Å². The molecule has 1 aromatic rings. The Morgan fingerprint density at radius 2 is 1.73 bits per heavy atom. The van der Waals surface area contributed by atoms with Gasteiger partial charge in [0, 0.05) is 63.6 Å². The van der Waals surface area contributed by atoms with Crippen molar-refractivity contribution in [2.45, 2.75) is 25.9 Å². The van der Waals surface area contributed by atoms with Crippen LogP contribution in [0.1, 0.15) is 19.8 Å². The van der Waals surface area contributed by atoms with Crippen molar-refractivity contribution in [2.75, 3.05) is 64.4 Å². The Morgan fingerprint density at radius 3 is 2.30 bits per heavy atom. The van der Waals surface area contributed by atoms with Crippen LogP contribution >= 0.6 is 35.6 Å². The smallest absolute Gasteiger partial charge is 0.242 e. The SMILES string of the molecule is CCOC1CCN(C(=NC)NCC(=O)N2CCN(c3ccc(Cl)cc3)CC2)CC1.I. The van der Waals surface area contributed by atoms with Crippen LogP contribution in [-0.2, 0) is 9.53 Å². The van der Waals surface area contributed by atoms with Crippen molar-refractivity contribution in [1.29, 1.82) is 0 Å². The molecule has 2 fully saturated rings. The predicted molar refractivity (Wildman–Crippen MR) is 133 cm³/mol. The van der Waals surface area contributed by atoms with E-state index >= 15 is 0 Å². The number of aliphatic imine (C=N–C) groups is 1. The van der Waals surface area contributed by atoms with Gasteiger partial charge in [0.15, 0.2) is 5.96 Å². The number of piperazine rings is 1. The molecule has 1 amide bonds. The van der Waals surface area contributed by atoms with Gasteiger partial charge in [0.25, 0.3) is 0 Å². The quantitative estimate of drug-likeness (QED) is 0.348. The molecule has 0 aromatic heterocycles. The molecule has 0 aliphatic carbocycles. The monoisotopic (exact) mass is 549 g/mol. The lowest BCUT2D eigenvalue weighted by Crippen LogP contribution is -2.53. The van der Waals surface area contributed by atoms with Crippen LogP contribution < -0.4 is 10.2 Å². The van der Waals surface area contributed by atoms with E-state index in [9.17, 15) is 4.79 Å². The van der Waals surface area contributed by atoms with E-state index in [2.05, 4.69) is 20.1 Å². The van der Waals surface area contributed by atoms with Gasteiger partial charge in [-0.25, -0.2) is 0 Å². The van der Waals surface area contributed by atoms with Gasteiger partial charge in [0.05, 0.1) is 12.6 Å². The zero-order chi connectivity index (χ0) is 20.6. The lowest BCUT2D eigenvalue weighted by atomic mass is 10.1. The molecule has 2 saturated heterocycles. The fourth-order valence-corrected chi connectivity index (χ4v) is 4.06. The summed E-state index contributed by atoms with van der Waals surface area (Å²) >= 11 is 5.97. The molecule has 7 nitrogen and oxygen atoms in total. The number of halogens is 2. The molecule has 0 spiro atoms. The molecule has 9 heteroatoms. The molecule has 0 bridgehead atoms. The average molecular weight is 550 g/mol. The number of hydrogen-bond acceptors (Lipinski definition) is 4. The number of rotatable bonds is 5. The van der Waals surface area contributed by atoms with Crippen molar-refractivity contribution < 1.29 is 9.53 Å². The van der Waals surface area contributed by atoms with E-state index in [4.69, 9.17) is 16.3 Å². The third-order valence-corrected chi connectivity index (χ3v) is 5.83. The molecule has 2 heterocycles. The Kier molecular flexibility index (Phi) is 10.5. The third-order valence-electron chi connectivity index (χ3n) is 5.58. The van der Waals surface area contributed by atoms with E-state index in [-0.39, 0.29) is 36.4 Å². The molecule has 3 rings (SSSR count). The van der Waals surface area contributed by atoms with Gasteiger partial charge in [-0.2, -0.15) is 0 Å². The van der Waals surface area contributed by atoms with E-state index in [1.54, 1.807) is 7.05 Å². The Labute approximate surface area is 201 Å². The molecule has 2 aliphatic rings. The molecule has 168 valence electrons. The summed E-state index contributed by atoms with van der Waals surface area (Å²) in [6, 6.07) is 7.86. The molecular weight excluding hydrogens is 517 g/mol. The summed E-state index contributed by atoms with van der Waals surface area (Å²) in [6.07, 6.45) is 2.33. The molecule has 2 aliphatic heterocycles. The largest absolute Gasteiger partial charge is 0.378 e. The van der Waals surface area contributed by atoms with Gasteiger partial charge < -0.3 is 24.8 Å². The minimum atomic E-state index is 0. The van der Waals surface area contributed by atoms with Crippen molar-refractivity contribution >= 4 is 53.1 Å². The summed E-state index contributed by atoms with van der Waals surface area (Å²) in [4.78, 5) is 23.4. The maximum atomic E-state index is 12.7. The molecule has 0 unspecified atom stereocenters. The Morgan fingerprint density at radius 1 is 1.10 bits per heavy atom. The van der Waals surface area contributed by atoms with Crippen LogP contribution in [0, 0.1) is 0 Å². The highest BCUT2D eigenvalue weighted by molar-refractivity contribution is 14.0. The highest BCUT2D eigenvalue weighted by Crippen LogP contribution is 2.19. The number of guanidine groups is 1. The second-order valence-corrected chi connectivity index (χ2v) is 7.82. The average Bonchev–Trinajstić information content (AvgIpc) is 2.76. The number of nitrogens with zero attached hydrogens (tertiary/aromatic N) is 4. The van der Waals surface area contributed by atoms with Gasteiger partial charge >= 0.3 is 0 Å². The maximum Gasteiger partial charge on any atom is 0.242 e. The minimum absolute atomic E-state index is 0. The highest BCUT2D eigenvalue weighted by atomic mass is 127. The summed E-state index contributed by atoms with van der Waals surface area (Å²) < 4.78 is 5.71. The van der Waals surface area contributed by atoms with E-state index in [0.29, 0.717) is 6.10 Å². The topological polar surface area (TPSA) is 60.4 Å². The number of anilines is 1. The van der Waals surface area contributed by atoms with Crippen LogP contribution in [0.2, 0.25) is 5.02 Å². The summed E-state index contributed by atoms with van der Waals surface area (Å²) in [6.45, 7) is 7.98. The number of likely N-dealkylation sites (tertiary alicyclic amines) is 1. The first-order chi connectivity index (χ1) is 14.1. The van der Waals surface area contributed by atoms with Crippen molar-refractivity contribution in [3.8, 4) is 0 Å². The number of nitrogens with one attached hydrogen (secondary N) is 1. The van der Waals surface area contributed by atoms with E-state index in [1.165, 1.54) is 0 Å². The molecule has 1 aromatic carbocycles. The van der Waals surface area contributed by atoms with Gasteiger partial charge in [-0.05, 0) is 44.0 Å². The van der Waals surface area contributed by atoms with Crippen LogP contribution in [-0.4, -0.2) is 87.2 Å². The Hall–Kier alpha value is -1.26. The van der Waals surface area contributed by atoms with E-state index in [0.717, 1.165) is 75.4 Å². The number of carbonyl (C=O) groups is 1. The number of amides is 1. The summed E-state index contributed by atoms with van der Waals surface area (Å²) in [5.74, 6) is 0.916. The van der Waals surface area contributed by atoms with Crippen LogP contribution in [0.4, 0.5) is 5.69 Å². The lowest BCUT2D eigenvalue weighted by Gasteiger charge is -2.37. The molecule has 1 N–H and O–H groups in total. The zero-order valence-electron chi connectivity index (χ0n) is 17.8. The lowest BCUT2D eigenvalue weighted by molar-refractivity contribution is -0.130. The van der Waals surface area contributed by atoms with E-state index < -0.39 is 0 Å². The third kappa shape index (κ3) is 6.88. The fraction of sp³-hybridized carbons (Fsp3) is 0.619. The second kappa shape index (κ2) is 12.6. The van der Waals surface area contributed by atoms with Gasteiger partial charge in [-0.3, -0.25) is 9.79 Å². The Balaban J connectivity index is 0.00000320. The summed E-state index contributed by atoms with van der Waals surface area (Å²) in [5.41, 5.74) is 1.15. The first-order valence-electron chi connectivity index (χ1n) is 10.5. The highest BCUT2D eigenvalue weighted by Gasteiger charge is 2.24. The van der Waals surface area contributed by atoms with E-state index in [1.807, 2.05) is 36.1 Å². The normalized spacial score (nSPS) is 18.2. The molecule has 0 saturated carbocycles. The predicted octanol–water partition coefficient (Wildman–Crippen LogP) is 2.68. The van der Waals surface area contributed by atoms with Crippen molar-refractivity contribution in [3.63, 3.8) is 0 Å². The van der Waals surface area contributed by atoms with Crippen molar-refractivity contribution in [3.05, 3.63) is 29.3 Å². The second-order valence-electron chi connectivity index (χ2n) is 7.39. The van der Waals surface area contributed by atoms with Crippen molar-refractivity contribution in [2.24, 2.45) is 4.99 Å². The van der Waals surface area contributed by atoms with Gasteiger partial charge in [-0.15, -0.1) is 24.0 Å². The fourth-order valence-electron chi connectivity index (χ4n) is 3.93. The van der Waals surface area contributed by atoms with Crippen LogP contribution in [0.15, 0.2) is 29.3 Å². The first-order valence-corrected chi connectivity index (χ1v) is 10.8. The zero-order valence-corrected chi connectivity index (χ0v) is 20.9. The number of carbonyl (C=O) groups excluding carboxylic acids is 1. The number of ether oxygens (including phenoxy) is 1. The van der Waals surface area contributed by atoms with Crippen molar-refractivity contribution in [1.82, 2.24) is 15.1 Å². The molecule has 0 radical (unpaired) electrons. The Bertz CT molecular complexity index is 687. The maximum absolute atomic E-state index is 12.7. The molecular formula is C21H33ClIN5O2. The molecule has 30 heavy (non-hydrogen) atoms. The molecule has 0 atom stereocenters. The number of benzene rings is 1. The van der Waals surface area contributed by atoms with Gasteiger partial charge in [0.1, 0.15) is 0 Å².